The fraction of sp³-hybridized carbons (Fsp3) is 0.586. The average molecular weight is 427 g/mol. The molecule has 0 amide bonds. The zero-order valence-corrected chi connectivity index (χ0v) is 19.4. The molecule has 170 valence electrons. The molecule has 2 aliphatic rings. The summed E-state index contributed by atoms with van der Waals surface area (Å²) >= 11 is 0. The summed E-state index contributed by atoms with van der Waals surface area (Å²) < 4.78 is 29.2. The maximum absolute atomic E-state index is 14.7. The molecule has 31 heavy (non-hydrogen) atoms. The fourth-order valence-corrected chi connectivity index (χ4v) is 5.21. The second kappa shape index (κ2) is 12.4. The van der Waals surface area contributed by atoms with Gasteiger partial charge in [-0.15, -0.1) is 6.58 Å². The van der Waals surface area contributed by atoms with Crippen molar-refractivity contribution in [3.63, 3.8) is 0 Å². The van der Waals surface area contributed by atoms with Gasteiger partial charge in [-0.1, -0.05) is 56.2 Å². The monoisotopic (exact) mass is 426 g/mol. The Labute approximate surface area is 188 Å². The fourth-order valence-electron chi connectivity index (χ4n) is 5.21. The van der Waals surface area contributed by atoms with Crippen LogP contribution in [0.15, 0.2) is 43.0 Å². The van der Waals surface area contributed by atoms with Crippen LogP contribution in [0.5, 0.6) is 0 Å². The highest BCUT2D eigenvalue weighted by atomic mass is 19.2. The number of unbranched alkanes of at least 4 members (excludes halogenated alkanes) is 2. The van der Waals surface area contributed by atoms with Crippen molar-refractivity contribution >= 4 is 5.57 Å². The van der Waals surface area contributed by atoms with E-state index >= 15 is 0 Å². The van der Waals surface area contributed by atoms with Crippen molar-refractivity contribution in [1.29, 1.82) is 0 Å². The summed E-state index contributed by atoms with van der Waals surface area (Å²) in [5, 5.41) is 0. The van der Waals surface area contributed by atoms with Crippen molar-refractivity contribution in [2.75, 3.05) is 0 Å². The molecule has 0 saturated heterocycles. The number of hydrogen-bond acceptors (Lipinski definition) is 0. The number of aryl methyl sites for hydroxylation is 1. The van der Waals surface area contributed by atoms with E-state index in [1.54, 1.807) is 12.1 Å². The molecule has 1 unspecified atom stereocenters. The molecule has 2 heteroatoms. The van der Waals surface area contributed by atoms with Gasteiger partial charge >= 0.3 is 0 Å². The second-order valence-electron chi connectivity index (χ2n) is 9.65. The molecule has 1 atom stereocenters. The van der Waals surface area contributed by atoms with Gasteiger partial charge in [-0.05, 0) is 99.5 Å². The first-order valence-electron chi connectivity index (χ1n) is 12.6. The van der Waals surface area contributed by atoms with Gasteiger partial charge < -0.3 is 0 Å². The molecular weight excluding hydrogens is 386 g/mol. The Hall–Kier alpha value is -1.70. The second-order valence-corrected chi connectivity index (χ2v) is 9.65. The average Bonchev–Trinajstić information content (AvgIpc) is 2.80. The lowest BCUT2D eigenvalue weighted by Gasteiger charge is -2.27. The van der Waals surface area contributed by atoms with E-state index in [1.807, 2.05) is 6.08 Å². The van der Waals surface area contributed by atoms with E-state index < -0.39 is 11.6 Å². The Morgan fingerprint density at radius 3 is 2.42 bits per heavy atom. The van der Waals surface area contributed by atoms with Gasteiger partial charge in [-0.3, -0.25) is 0 Å². The lowest BCUT2D eigenvalue weighted by Crippen LogP contribution is -2.13. The largest absolute Gasteiger partial charge is 0.203 e. The van der Waals surface area contributed by atoms with E-state index in [1.165, 1.54) is 32.1 Å². The van der Waals surface area contributed by atoms with Gasteiger partial charge in [0, 0.05) is 5.56 Å². The molecule has 0 bridgehead atoms. The van der Waals surface area contributed by atoms with Crippen molar-refractivity contribution < 1.29 is 8.78 Å². The van der Waals surface area contributed by atoms with Gasteiger partial charge in [0.05, 0.1) is 0 Å². The van der Waals surface area contributed by atoms with Gasteiger partial charge in [0.2, 0.25) is 0 Å². The third-order valence-corrected chi connectivity index (χ3v) is 7.34. The molecule has 1 fully saturated rings. The van der Waals surface area contributed by atoms with Gasteiger partial charge in [0.25, 0.3) is 0 Å². The number of hydrogen-bond donors (Lipinski definition) is 0. The molecule has 2 aliphatic carbocycles. The van der Waals surface area contributed by atoms with Crippen molar-refractivity contribution in [2.45, 2.75) is 90.4 Å². The first kappa shape index (κ1) is 24.0. The molecule has 1 saturated carbocycles. The lowest BCUT2D eigenvalue weighted by molar-refractivity contribution is 0.296. The van der Waals surface area contributed by atoms with Crippen molar-refractivity contribution in [3.05, 3.63) is 65.8 Å². The molecule has 3 rings (SSSR count). The molecule has 0 radical (unpaired) electrons. The number of benzene rings is 1. The summed E-state index contributed by atoms with van der Waals surface area (Å²) in [6.45, 7) is 5.96. The zero-order chi connectivity index (χ0) is 22.1. The third-order valence-electron chi connectivity index (χ3n) is 7.34. The molecule has 0 aromatic heterocycles. The predicted molar refractivity (Wildman–Crippen MR) is 129 cm³/mol. The van der Waals surface area contributed by atoms with Crippen LogP contribution in [0.25, 0.3) is 5.57 Å². The lowest BCUT2D eigenvalue weighted by atomic mass is 9.79. The molecule has 0 spiro atoms. The third kappa shape index (κ3) is 6.89. The first-order chi connectivity index (χ1) is 15.1. The summed E-state index contributed by atoms with van der Waals surface area (Å²) in [6, 6.07) is 3.59. The molecule has 1 aromatic carbocycles. The zero-order valence-electron chi connectivity index (χ0n) is 19.4. The topological polar surface area (TPSA) is 0 Å². The Kier molecular flexibility index (Phi) is 9.55. The molecule has 0 heterocycles. The van der Waals surface area contributed by atoms with E-state index in [4.69, 9.17) is 0 Å². The minimum Gasteiger partial charge on any atom is -0.203 e. The smallest absolute Gasteiger partial charge is 0.166 e. The van der Waals surface area contributed by atoms with E-state index in [-0.39, 0.29) is 0 Å². The predicted octanol–water partition coefficient (Wildman–Crippen LogP) is 9.21. The summed E-state index contributed by atoms with van der Waals surface area (Å²) in [4.78, 5) is 0. The van der Waals surface area contributed by atoms with Gasteiger partial charge in [-0.25, -0.2) is 8.78 Å². The minimum absolute atomic E-state index is 0.469. The van der Waals surface area contributed by atoms with Crippen molar-refractivity contribution in [2.24, 2.45) is 17.8 Å². The van der Waals surface area contributed by atoms with Crippen LogP contribution in [0.3, 0.4) is 0 Å². The van der Waals surface area contributed by atoms with Crippen LogP contribution in [0.4, 0.5) is 8.78 Å². The Bertz CT molecular complexity index is 765. The van der Waals surface area contributed by atoms with Crippen LogP contribution in [-0.4, -0.2) is 0 Å². The quantitative estimate of drug-likeness (QED) is 0.258. The van der Waals surface area contributed by atoms with E-state index in [2.05, 4.69) is 31.7 Å². The van der Waals surface area contributed by atoms with Gasteiger partial charge in [0.1, 0.15) is 0 Å². The standard InChI is InChI=1S/C29H40F2/c1-3-5-7-9-26-20-21-27(29(31)28(26)30)25-18-16-24(17-19-25)15-14-23-12-10-22(11-13-23)8-6-4-2/h4,14-15,18,20-24H,2-3,5-13,16-17,19H2,1H3/b15-14+. The van der Waals surface area contributed by atoms with Crippen LogP contribution in [0.1, 0.15) is 95.1 Å². The number of allylic oxidation sites excluding steroid dienone is 5. The van der Waals surface area contributed by atoms with Gasteiger partial charge in [-0.2, -0.15) is 0 Å². The van der Waals surface area contributed by atoms with E-state index in [9.17, 15) is 8.78 Å². The van der Waals surface area contributed by atoms with E-state index in [0.717, 1.165) is 62.4 Å². The Balaban J connectivity index is 1.51. The van der Waals surface area contributed by atoms with Crippen molar-refractivity contribution in [3.8, 4) is 0 Å². The number of rotatable bonds is 10. The van der Waals surface area contributed by atoms with Crippen LogP contribution >= 0.6 is 0 Å². The van der Waals surface area contributed by atoms with Crippen LogP contribution in [0.2, 0.25) is 0 Å². The SMILES string of the molecule is C=CCCC1CCC(/C=C/C2CC=C(c3ccc(CCCCC)c(F)c3F)CC2)CC1. The first-order valence-corrected chi connectivity index (χ1v) is 12.6. The molecule has 0 nitrogen and oxygen atoms in total. The summed E-state index contributed by atoms with van der Waals surface area (Å²) in [6.07, 6.45) is 23.2. The minimum atomic E-state index is -0.651. The van der Waals surface area contributed by atoms with Crippen LogP contribution < -0.4 is 0 Å². The molecule has 1 aromatic rings. The Morgan fingerprint density at radius 2 is 1.74 bits per heavy atom. The molecule has 0 aliphatic heterocycles. The molecular formula is C29H40F2. The number of halogens is 2. The van der Waals surface area contributed by atoms with Crippen molar-refractivity contribution in [1.82, 2.24) is 0 Å². The molecule has 0 N–H and O–H groups in total. The highest BCUT2D eigenvalue weighted by Gasteiger charge is 2.21. The summed E-state index contributed by atoms with van der Waals surface area (Å²) in [5.74, 6) is 0.847. The maximum atomic E-state index is 14.7. The van der Waals surface area contributed by atoms with E-state index in [0.29, 0.717) is 23.5 Å². The highest BCUT2D eigenvalue weighted by molar-refractivity contribution is 5.67. The normalized spacial score (nSPS) is 24.4. The maximum Gasteiger partial charge on any atom is 0.166 e. The summed E-state index contributed by atoms with van der Waals surface area (Å²) in [7, 11) is 0. The van der Waals surface area contributed by atoms with Gasteiger partial charge in [0.15, 0.2) is 11.6 Å². The highest BCUT2D eigenvalue weighted by Crippen LogP contribution is 2.36. The van der Waals surface area contributed by atoms with Crippen LogP contribution in [-0.2, 0) is 6.42 Å². The Morgan fingerprint density at radius 1 is 0.968 bits per heavy atom. The van der Waals surface area contributed by atoms with Crippen LogP contribution in [0, 0.1) is 29.4 Å². The summed E-state index contributed by atoms with van der Waals surface area (Å²) in [5.41, 5.74) is 1.96.